The minimum Gasteiger partial charge on any atom is -0.483 e. The van der Waals surface area contributed by atoms with Crippen LogP contribution < -0.4 is 15.4 Å². The molecule has 0 spiro atoms. The van der Waals surface area contributed by atoms with Crippen LogP contribution in [0, 0.1) is 33.1 Å². The van der Waals surface area contributed by atoms with Gasteiger partial charge in [-0.15, -0.1) is 32.9 Å². The number of carboxylic acids is 1. The number of rotatable bonds is 14. The maximum Gasteiger partial charge on any atom is 0.306 e. The number of hydrogen-bond acceptors (Lipinski definition) is 13. The molecule has 3 amide bonds. The summed E-state index contributed by atoms with van der Waals surface area (Å²) < 4.78 is 7.86. The molecule has 0 aliphatic carbocycles. The van der Waals surface area contributed by atoms with Gasteiger partial charge >= 0.3 is 5.97 Å². The number of carbonyl (C=O) groups is 4. The van der Waals surface area contributed by atoms with Crippen molar-refractivity contribution >= 4 is 52.1 Å². The maximum atomic E-state index is 14.3. The molecule has 0 radical (unpaired) electrons. The number of ether oxygens (including phenoxy) is 1. The number of nitrogens with zero attached hydrogens (tertiary/aromatic N) is 6. The molecule has 360 valence electrons. The van der Waals surface area contributed by atoms with Gasteiger partial charge in [0.25, 0.3) is 5.91 Å². The smallest absolute Gasteiger partial charge is 0.306 e. The van der Waals surface area contributed by atoms with Gasteiger partial charge in [0.2, 0.25) is 11.8 Å². The SMILES string of the molecule is Cc1ncsc1-c1ccc(C(C)NC(=O)[C@@H]2C[C@@H](O)CN2C(=O)C(NC(=O)COc2ccc(-c3ccc(C4=N[C@@H](CC(=O)O)c5nnc(C)n5-c5sc(C)c(C)c54)cc3)cc2CO)C(C)(C)C)cc1. The number of carbonyl (C=O) groups excluding carboxylic acids is 3. The Morgan fingerprint density at radius 1 is 0.913 bits per heavy atom. The highest BCUT2D eigenvalue weighted by Crippen LogP contribution is 2.40. The molecule has 1 saturated heterocycles. The van der Waals surface area contributed by atoms with Crippen LogP contribution >= 0.6 is 22.7 Å². The lowest BCUT2D eigenvalue weighted by Gasteiger charge is -2.35. The molecule has 5 atom stereocenters. The zero-order valence-electron chi connectivity index (χ0n) is 39.7. The molecule has 3 aromatic heterocycles. The Morgan fingerprint density at radius 2 is 1.59 bits per heavy atom. The highest BCUT2D eigenvalue weighted by molar-refractivity contribution is 7.15. The molecular weight excluding hydrogens is 917 g/mol. The van der Waals surface area contributed by atoms with Crippen LogP contribution in [-0.2, 0) is 25.8 Å². The van der Waals surface area contributed by atoms with Gasteiger partial charge in [-0.3, -0.25) is 28.7 Å². The normalized spacial score (nSPS) is 17.6. The van der Waals surface area contributed by atoms with Crippen molar-refractivity contribution in [3.63, 3.8) is 0 Å². The minimum absolute atomic E-state index is 0.0523. The Morgan fingerprint density at radius 3 is 2.25 bits per heavy atom. The molecule has 2 aliphatic heterocycles. The zero-order valence-corrected chi connectivity index (χ0v) is 41.4. The third-order valence-electron chi connectivity index (χ3n) is 12.7. The molecule has 18 heteroatoms. The number of likely N-dealkylation sites (tertiary alicyclic amines) is 1. The number of aliphatic hydroxyl groups is 2. The van der Waals surface area contributed by atoms with Gasteiger partial charge in [0.15, 0.2) is 12.4 Å². The second-order valence-corrected chi connectivity index (χ2v) is 20.8. The Kier molecular flexibility index (Phi) is 14.0. The summed E-state index contributed by atoms with van der Waals surface area (Å²) in [4.78, 5) is 66.5. The van der Waals surface area contributed by atoms with Crippen molar-refractivity contribution in [2.45, 2.75) is 105 Å². The second-order valence-electron chi connectivity index (χ2n) is 18.7. The number of nitrogens with one attached hydrogen (secondary N) is 2. The number of β-amino-alcohol motifs (C(OH)–C–C–N with tert-alkyl or cyclic N) is 1. The van der Waals surface area contributed by atoms with Gasteiger partial charge in [0.05, 0.1) is 47.0 Å². The summed E-state index contributed by atoms with van der Waals surface area (Å²) in [6, 6.07) is 17.7. The molecular formula is C51H56N8O8S2. The van der Waals surface area contributed by atoms with Gasteiger partial charge < -0.3 is 35.6 Å². The first-order chi connectivity index (χ1) is 32.8. The highest BCUT2D eigenvalue weighted by atomic mass is 32.1. The van der Waals surface area contributed by atoms with Crippen molar-refractivity contribution in [2.75, 3.05) is 13.2 Å². The van der Waals surface area contributed by atoms with Crippen LogP contribution in [0.1, 0.15) is 103 Å². The van der Waals surface area contributed by atoms with Crippen LogP contribution in [0.4, 0.5) is 0 Å². The highest BCUT2D eigenvalue weighted by Gasteiger charge is 2.45. The molecule has 1 fully saturated rings. The molecule has 5 N–H and O–H groups in total. The van der Waals surface area contributed by atoms with Crippen LogP contribution in [0.15, 0.2) is 77.2 Å². The van der Waals surface area contributed by atoms with Gasteiger partial charge in [-0.2, -0.15) is 0 Å². The third kappa shape index (κ3) is 10.1. The molecule has 0 saturated carbocycles. The molecule has 5 heterocycles. The van der Waals surface area contributed by atoms with Crippen LogP contribution in [0.3, 0.4) is 0 Å². The maximum absolute atomic E-state index is 14.3. The van der Waals surface area contributed by atoms with E-state index in [1.807, 2.05) is 115 Å². The molecule has 6 aromatic rings. The lowest BCUT2D eigenvalue weighted by atomic mass is 9.85. The number of carboxylic acid groups (broad SMARTS) is 1. The van der Waals surface area contributed by atoms with E-state index >= 15 is 0 Å². The zero-order chi connectivity index (χ0) is 49.5. The lowest BCUT2D eigenvalue weighted by Crippen LogP contribution is -2.58. The first-order valence-electron chi connectivity index (χ1n) is 22.7. The van der Waals surface area contributed by atoms with Gasteiger partial charge in [0.1, 0.15) is 34.7 Å². The molecule has 16 nitrogen and oxygen atoms in total. The first-order valence-corrected chi connectivity index (χ1v) is 24.4. The summed E-state index contributed by atoms with van der Waals surface area (Å²) in [5.74, 6) is -1.08. The summed E-state index contributed by atoms with van der Waals surface area (Å²) in [7, 11) is 0. The van der Waals surface area contributed by atoms with Crippen LogP contribution in [0.2, 0.25) is 0 Å². The standard InChI is InChI=1S/C51H56N8O8S2/c1-26-29(4)69-50-43(26)44(54-38(21-42(63)64)47-57-56-30(5)59(47)50)33-13-11-32(12-14-33)35-17-18-40(36(19-35)23-60)67-24-41(62)55-46(51(6,7)8)49(66)58-22-37(61)20-39(58)48(65)53-27(2)31-9-15-34(16-10-31)45-28(3)52-25-68-45/h9-19,25,27,37-39,46,60-61H,20-24H2,1-8H3,(H,53,65)(H,55,62)(H,63,64)/t27?,37-,38+,39+,46?/m1/s1. The van der Waals surface area contributed by atoms with E-state index in [0.29, 0.717) is 22.9 Å². The number of aliphatic imine (C=N–C) groups is 1. The van der Waals surface area contributed by atoms with E-state index in [1.165, 1.54) is 4.90 Å². The van der Waals surface area contributed by atoms with Gasteiger partial charge in [-0.25, -0.2) is 4.98 Å². The van der Waals surface area contributed by atoms with E-state index in [-0.39, 0.29) is 37.8 Å². The number of aryl methyl sites for hydroxylation is 3. The fourth-order valence-electron chi connectivity index (χ4n) is 8.90. The molecule has 8 rings (SSSR count). The molecule has 3 aromatic carbocycles. The van der Waals surface area contributed by atoms with Crippen molar-refractivity contribution in [1.82, 2.24) is 35.3 Å². The monoisotopic (exact) mass is 972 g/mol. The van der Waals surface area contributed by atoms with Gasteiger partial charge in [-0.05, 0) is 80.0 Å². The fraction of sp³-hybridized carbons (Fsp3) is 0.373. The van der Waals surface area contributed by atoms with Crippen molar-refractivity contribution in [3.8, 4) is 32.3 Å². The number of benzene rings is 3. The number of hydrogen-bond donors (Lipinski definition) is 5. The van der Waals surface area contributed by atoms with Crippen molar-refractivity contribution in [2.24, 2.45) is 10.4 Å². The van der Waals surface area contributed by atoms with Crippen molar-refractivity contribution in [3.05, 3.63) is 122 Å². The number of thiophene rings is 1. The van der Waals surface area contributed by atoms with E-state index in [4.69, 9.17) is 9.73 Å². The molecule has 2 aliphatic rings. The van der Waals surface area contributed by atoms with Crippen molar-refractivity contribution < 1.29 is 39.2 Å². The predicted octanol–water partition coefficient (Wildman–Crippen LogP) is 6.96. The van der Waals surface area contributed by atoms with Gasteiger partial charge in [0, 0.05) is 34.5 Å². The van der Waals surface area contributed by atoms with E-state index in [0.717, 1.165) is 59.4 Å². The number of aliphatic carboxylic acids is 1. The number of thiazole rings is 1. The fourth-order valence-corrected chi connectivity index (χ4v) is 10.9. The Balaban J connectivity index is 0.931. The second kappa shape index (κ2) is 19.8. The number of aliphatic hydroxyl groups excluding tert-OH is 2. The van der Waals surface area contributed by atoms with E-state index < -0.39 is 59.9 Å². The van der Waals surface area contributed by atoms with Crippen LogP contribution in [0.25, 0.3) is 26.6 Å². The number of fused-ring (bicyclic) bond motifs is 3. The third-order valence-corrected chi connectivity index (χ3v) is 14.9. The predicted molar refractivity (Wildman–Crippen MR) is 264 cm³/mol. The Labute approximate surface area is 408 Å². The summed E-state index contributed by atoms with van der Waals surface area (Å²) in [6.45, 7) is 14.3. The van der Waals surface area contributed by atoms with E-state index in [9.17, 15) is 34.5 Å². The summed E-state index contributed by atoms with van der Waals surface area (Å²) >= 11 is 3.15. The van der Waals surface area contributed by atoms with Crippen LogP contribution in [0.5, 0.6) is 5.75 Å². The van der Waals surface area contributed by atoms with Crippen molar-refractivity contribution in [1.29, 1.82) is 0 Å². The summed E-state index contributed by atoms with van der Waals surface area (Å²) in [6.07, 6.45) is -1.12. The molecule has 69 heavy (non-hydrogen) atoms. The number of aromatic nitrogens is 4. The molecule has 2 unspecified atom stereocenters. The van der Waals surface area contributed by atoms with E-state index in [1.54, 1.807) is 40.3 Å². The lowest BCUT2D eigenvalue weighted by molar-refractivity contribution is -0.144. The summed E-state index contributed by atoms with van der Waals surface area (Å²) in [5.41, 5.74) is 9.32. The Bertz CT molecular complexity index is 2950. The average Bonchev–Trinajstić information content (AvgIpc) is 4.09. The van der Waals surface area contributed by atoms with Gasteiger partial charge in [-0.1, -0.05) is 75.4 Å². The topological polar surface area (TPSA) is 221 Å². The first kappa shape index (κ1) is 48.8. The Hall–Kier alpha value is -6.60. The summed E-state index contributed by atoms with van der Waals surface area (Å²) in [5, 5.41) is 46.3. The average molecular weight is 973 g/mol. The number of amides is 3. The van der Waals surface area contributed by atoms with E-state index in [2.05, 4.69) is 25.8 Å². The quantitative estimate of drug-likeness (QED) is 0.0751. The minimum atomic E-state index is -1.06. The largest absolute Gasteiger partial charge is 0.483 e. The molecule has 0 bridgehead atoms. The van der Waals surface area contributed by atoms with Crippen LogP contribution in [-0.4, -0.2) is 101 Å².